The number of hydrogen-bond acceptors (Lipinski definition) is 7. The van der Waals surface area contributed by atoms with Gasteiger partial charge in [0.2, 0.25) is 5.91 Å². The van der Waals surface area contributed by atoms with E-state index in [-0.39, 0.29) is 11.5 Å². The van der Waals surface area contributed by atoms with Crippen LogP contribution in [-0.4, -0.2) is 32.1 Å². The molecule has 134 valence electrons. The maximum Gasteiger partial charge on any atom is 0.339 e. The Morgan fingerprint density at radius 2 is 2.00 bits per heavy atom. The average molecular weight is 393 g/mol. The van der Waals surface area contributed by atoms with E-state index in [1.807, 2.05) is 0 Å². The van der Waals surface area contributed by atoms with E-state index in [0.29, 0.717) is 21.5 Å². The Labute approximate surface area is 154 Å². The first kappa shape index (κ1) is 18.0. The average Bonchev–Trinajstić information content (AvgIpc) is 3.15. The normalized spacial score (nSPS) is 10.7. The van der Waals surface area contributed by atoms with Gasteiger partial charge in [0.15, 0.2) is 5.13 Å². The minimum absolute atomic E-state index is 0.00741. The lowest BCUT2D eigenvalue weighted by molar-refractivity contribution is -0.114. The van der Waals surface area contributed by atoms with Crippen LogP contribution in [0.3, 0.4) is 0 Å². The molecule has 3 aromatic rings. The maximum atomic E-state index is 14.2. The number of carboxylic acids is 1. The van der Waals surface area contributed by atoms with Gasteiger partial charge in [0, 0.05) is 17.9 Å². The van der Waals surface area contributed by atoms with Gasteiger partial charge in [0.1, 0.15) is 22.1 Å². The Morgan fingerprint density at radius 1 is 1.27 bits per heavy atom. The fourth-order valence-corrected chi connectivity index (χ4v) is 4.11. The minimum atomic E-state index is -1.42. The van der Waals surface area contributed by atoms with Crippen LogP contribution < -0.4 is 5.32 Å². The van der Waals surface area contributed by atoms with E-state index in [2.05, 4.69) is 15.3 Å². The number of carbonyl (C=O) groups excluding carboxylic acids is 1. The molecule has 0 saturated carbocycles. The zero-order valence-corrected chi connectivity index (χ0v) is 15.2. The summed E-state index contributed by atoms with van der Waals surface area (Å²) in [4.78, 5) is 31.4. The van der Waals surface area contributed by atoms with Crippen LogP contribution in [0, 0.1) is 12.7 Å². The second kappa shape index (κ2) is 6.81. The molecule has 3 rings (SSSR count). The van der Waals surface area contributed by atoms with Gasteiger partial charge in [-0.2, -0.15) is 0 Å². The number of aromatic nitrogens is 2. The molecule has 2 heterocycles. The largest absolute Gasteiger partial charge is 0.507 e. The molecule has 0 aliphatic heterocycles. The number of rotatable bonds is 4. The first-order chi connectivity index (χ1) is 12.3. The number of carboxylic acid groups (broad SMARTS) is 1. The fourth-order valence-electron chi connectivity index (χ4n) is 2.24. The van der Waals surface area contributed by atoms with Crippen LogP contribution in [0.2, 0.25) is 0 Å². The number of phenols is 1. The first-order valence-corrected chi connectivity index (χ1v) is 8.93. The molecule has 0 spiro atoms. The van der Waals surface area contributed by atoms with Crippen molar-refractivity contribution in [3.05, 3.63) is 34.6 Å². The highest BCUT2D eigenvalue weighted by Gasteiger charge is 2.19. The third-order valence-electron chi connectivity index (χ3n) is 3.36. The molecule has 1 amide bonds. The SMILES string of the molecule is CC(=O)Nc1nc(C)c(-c2csc(-c3cc(O)c(C(=O)O)cc3F)n2)s1. The minimum Gasteiger partial charge on any atom is -0.507 e. The number of aromatic hydroxyl groups is 1. The Balaban J connectivity index is 1.99. The molecule has 0 atom stereocenters. The first-order valence-electron chi connectivity index (χ1n) is 7.23. The van der Waals surface area contributed by atoms with Gasteiger partial charge >= 0.3 is 5.97 Å². The summed E-state index contributed by atoms with van der Waals surface area (Å²) < 4.78 is 14.2. The van der Waals surface area contributed by atoms with E-state index in [9.17, 15) is 19.1 Å². The summed E-state index contributed by atoms with van der Waals surface area (Å²) in [5.74, 6) is -2.98. The Bertz CT molecular complexity index is 1030. The summed E-state index contributed by atoms with van der Waals surface area (Å²) in [6, 6.07) is 1.81. The van der Waals surface area contributed by atoms with Gasteiger partial charge in [-0.1, -0.05) is 11.3 Å². The summed E-state index contributed by atoms with van der Waals surface area (Å²) in [7, 11) is 0. The van der Waals surface area contributed by atoms with Crippen LogP contribution >= 0.6 is 22.7 Å². The number of aryl methyl sites for hydroxylation is 1. The zero-order valence-electron chi connectivity index (χ0n) is 13.5. The molecule has 0 radical (unpaired) electrons. The molecule has 0 unspecified atom stereocenters. The van der Waals surface area contributed by atoms with Crippen LogP contribution in [0.25, 0.3) is 21.1 Å². The van der Waals surface area contributed by atoms with E-state index in [0.717, 1.165) is 28.3 Å². The molecule has 0 aliphatic carbocycles. The van der Waals surface area contributed by atoms with E-state index in [1.165, 1.54) is 18.3 Å². The number of halogens is 1. The number of aromatic carboxylic acids is 1. The molecule has 26 heavy (non-hydrogen) atoms. The quantitative estimate of drug-likeness (QED) is 0.622. The highest BCUT2D eigenvalue weighted by molar-refractivity contribution is 7.19. The van der Waals surface area contributed by atoms with Crippen molar-refractivity contribution in [2.75, 3.05) is 5.32 Å². The fraction of sp³-hybridized carbons (Fsp3) is 0.125. The molecular formula is C16H12FN3O4S2. The summed E-state index contributed by atoms with van der Waals surface area (Å²) in [6.07, 6.45) is 0. The van der Waals surface area contributed by atoms with Crippen molar-refractivity contribution >= 4 is 39.7 Å². The van der Waals surface area contributed by atoms with Gasteiger partial charge in [0.05, 0.1) is 16.3 Å². The molecule has 10 heteroatoms. The second-order valence-electron chi connectivity index (χ2n) is 5.31. The van der Waals surface area contributed by atoms with E-state index < -0.39 is 23.1 Å². The summed E-state index contributed by atoms with van der Waals surface area (Å²) in [5.41, 5.74) is 0.715. The molecular weight excluding hydrogens is 381 g/mol. The van der Waals surface area contributed by atoms with Crippen LogP contribution in [0.15, 0.2) is 17.5 Å². The number of benzene rings is 1. The third-order valence-corrected chi connectivity index (χ3v) is 5.33. The smallest absolute Gasteiger partial charge is 0.339 e. The monoisotopic (exact) mass is 393 g/mol. The van der Waals surface area contributed by atoms with Crippen molar-refractivity contribution in [3.8, 4) is 26.9 Å². The number of hydrogen-bond donors (Lipinski definition) is 3. The zero-order chi connectivity index (χ0) is 19.0. The molecule has 2 aromatic heterocycles. The molecule has 3 N–H and O–H groups in total. The molecule has 7 nitrogen and oxygen atoms in total. The summed E-state index contributed by atoms with van der Waals surface area (Å²) in [5, 5.41) is 23.7. The predicted molar refractivity (Wildman–Crippen MR) is 96.3 cm³/mol. The summed E-state index contributed by atoms with van der Waals surface area (Å²) in [6.45, 7) is 3.15. The lowest BCUT2D eigenvalue weighted by Gasteiger charge is -2.04. The number of anilines is 1. The molecule has 0 fully saturated rings. The highest BCUT2D eigenvalue weighted by Crippen LogP contribution is 2.37. The number of amides is 1. The van der Waals surface area contributed by atoms with Crippen molar-refractivity contribution < 1.29 is 24.2 Å². The standard InChI is InChI=1S/C16H12FN3O4S2/c1-6-13(26-16(18-6)19-7(2)21)11-5-25-14(20-11)8-4-12(22)9(15(23)24)3-10(8)17/h3-5,22H,1-2H3,(H,23,24)(H,18,19,21). The molecule has 0 bridgehead atoms. The molecule has 0 aliphatic rings. The van der Waals surface area contributed by atoms with Gasteiger partial charge in [0.25, 0.3) is 0 Å². The maximum absolute atomic E-state index is 14.2. The number of nitrogens with one attached hydrogen (secondary N) is 1. The topological polar surface area (TPSA) is 112 Å². The van der Waals surface area contributed by atoms with Crippen LogP contribution in [0.5, 0.6) is 5.75 Å². The Morgan fingerprint density at radius 3 is 2.65 bits per heavy atom. The Hall–Kier alpha value is -2.85. The number of nitrogens with zero attached hydrogens (tertiary/aromatic N) is 2. The van der Waals surface area contributed by atoms with Gasteiger partial charge in [-0.15, -0.1) is 11.3 Å². The van der Waals surface area contributed by atoms with Crippen LogP contribution in [0.4, 0.5) is 9.52 Å². The van der Waals surface area contributed by atoms with Crippen LogP contribution in [0.1, 0.15) is 23.0 Å². The third kappa shape index (κ3) is 3.41. The van der Waals surface area contributed by atoms with E-state index in [1.54, 1.807) is 12.3 Å². The van der Waals surface area contributed by atoms with Crippen molar-refractivity contribution in [2.24, 2.45) is 0 Å². The van der Waals surface area contributed by atoms with E-state index in [4.69, 9.17) is 5.11 Å². The second-order valence-corrected chi connectivity index (χ2v) is 7.16. The number of thiazole rings is 2. The molecule has 0 saturated heterocycles. The highest BCUT2D eigenvalue weighted by atomic mass is 32.1. The lowest BCUT2D eigenvalue weighted by Crippen LogP contribution is -2.04. The van der Waals surface area contributed by atoms with Gasteiger partial charge in [-0.25, -0.2) is 19.2 Å². The van der Waals surface area contributed by atoms with Crippen molar-refractivity contribution in [2.45, 2.75) is 13.8 Å². The predicted octanol–water partition coefficient (Wildman–Crippen LogP) is 3.74. The summed E-state index contributed by atoms with van der Waals surface area (Å²) >= 11 is 2.39. The van der Waals surface area contributed by atoms with Crippen molar-refractivity contribution in [1.82, 2.24) is 9.97 Å². The molecule has 1 aromatic carbocycles. The van der Waals surface area contributed by atoms with Crippen molar-refractivity contribution in [1.29, 1.82) is 0 Å². The van der Waals surface area contributed by atoms with Gasteiger partial charge in [-0.05, 0) is 19.1 Å². The lowest BCUT2D eigenvalue weighted by atomic mass is 10.1. The Kier molecular flexibility index (Phi) is 4.70. The number of carbonyl (C=O) groups is 2. The van der Waals surface area contributed by atoms with Crippen LogP contribution in [-0.2, 0) is 4.79 Å². The van der Waals surface area contributed by atoms with Crippen molar-refractivity contribution in [3.63, 3.8) is 0 Å². The van der Waals surface area contributed by atoms with Gasteiger partial charge < -0.3 is 15.5 Å². The van der Waals surface area contributed by atoms with E-state index >= 15 is 0 Å². The van der Waals surface area contributed by atoms with Gasteiger partial charge in [-0.3, -0.25) is 4.79 Å².